The van der Waals surface area contributed by atoms with Gasteiger partial charge in [-0.3, -0.25) is 4.79 Å². The summed E-state index contributed by atoms with van der Waals surface area (Å²) in [5.41, 5.74) is 0. The van der Waals surface area contributed by atoms with Gasteiger partial charge in [-0.15, -0.1) is 0 Å². The van der Waals surface area contributed by atoms with E-state index in [4.69, 9.17) is 5.11 Å². The van der Waals surface area contributed by atoms with Crippen molar-refractivity contribution >= 4 is 15.9 Å². The fourth-order valence-electron chi connectivity index (χ4n) is 1.20. The van der Waals surface area contributed by atoms with E-state index < -0.39 is 26.7 Å². The highest BCUT2D eigenvalue weighted by atomic mass is 32.2. The Bertz CT molecular complexity index is 332. The van der Waals surface area contributed by atoms with Crippen molar-refractivity contribution in [3.63, 3.8) is 0 Å². The second-order valence-corrected chi connectivity index (χ2v) is 6.01. The Labute approximate surface area is 77.4 Å². The molecule has 1 fully saturated rings. The normalized spacial score (nSPS) is 26.8. The maximum absolute atomic E-state index is 11.5. The molecule has 5 nitrogen and oxygen atoms in total. The fourth-order valence-corrected chi connectivity index (χ4v) is 2.87. The quantitative estimate of drug-likeness (QED) is 0.651. The molecule has 0 aliphatic carbocycles. The molecule has 0 unspecified atom stereocenters. The molecule has 0 spiro atoms. The lowest BCUT2D eigenvalue weighted by molar-refractivity contribution is -0.134. The molecule has 0 aromatic rings. The van der Waals surface area contributed by atoms with E-state index in [1.54, 1.807) is 0 Å². The highest BCUT2D eigenvalue weighted by molar-refractivity contribution is 7.94. The minimum Gasteiger partial charge on any atom is -0.394 e. The molecule has 1 aliphatic heterocycles. The number of sulfonamides is 1. The summed E-state index contributed by atoms with van der Waals surface area (Å²) in [6, 6.07) is -0.662. The molecule has 0 aromatic carbocycles. The van der Waals surface area contributed by atoms with E-state index in [0.29, 0.717) is 0 Å². The van der Waals surface area contributed by atoms with Crippen molar-refractivity contribution in [3.05, 3.63) is 0 Å². The van der Waals surface area contributed by atoms with Crippen LogP contribution in [0.2, 0.25) is 0 Å². The molecule has 13 heavy (non-hydrogen) atoms. The molecule has 1 saturated heterocycles. The van der Waals surface area contributed by atoms with Gasteiger partial charge in [-0.1, -0.05) is 0 Å². The minimum atomic E-state index is -3.54. The number of rotatable bonds is 2. The Balaban J connectivity index is 3.03. The number of nitrogens with zero attached hydrogens (tertiary/aromatic N) is 1. The summed E-state index contributed by atoms with van der Waals surface area (Å²) in [5, 5.41) is 8.73. The van der Waals surface area contributed by atoms with E-state index in [1.165, 1.54) is 20.8 Å². The smallest absolute Gasteiger partial charge is 0.259 e. The van der Waals surface area contributed by atoms with Crippen LogP contribution in [0.15, 0.2) is 0 Å². The van der Waals surface area contributed by atoms with Crippen LogP contribution in [0.1, 0.15) is 20.8 Å². The average Bonchev–Trinajstić information content (AvgIpc) is 2.03. The zero-order chi connectivity index (χ0) is 10.4. The van der Waals surface area contributed by atoms with Crippen LogP contribution >= 0.6 is 0 Å². The van der Waals surface area contributed by atoms with Gasteiger partial charge in [0.05, 0.1) is 12.6 Å². The van der Waals surface area contributed by atoms with Crippen molar-refractivity contribution in [1.29, 1.82) is 0 Å². The maximum atomic E-state index is 11.5. The zero-order valence-corrected chi connectivity index (χ0v) is 8.63. The molecule has 1 rings (SSSR count). The number of amides is 1. The molecule has 1 heterocycles. The van der Waals surface area contributed by atoms with Gasteiger partial charge in [-0.2, -0.15) is 0 Å². The molecule has 1 amide bonds. The molecule has 76 valence electrons. The summed E-state index contributed by atoms with van der Waals surface area (Å²) in [6.45, 7) is 3.88. The van der Waals surface area contributed by atoms with Crippen LogP contribution in [0.5, 0.6) is 0 Å². The number of carbonyl (C=O) groups excluding carboxylic acids is 1. The van der Waals surface area contributed by atoms with Crippen LogP contribution in [0.4, 0.5) is 0 Å². The Morgan fingerprint density at radius 3 is 2.31 bits per heavy atom. The van der Waals surface area contributed by atoms with Crippen molar-refractivity contribution in [2.45, 2.75) is 31.6 Å². The molecular weight excluding hydrogens is 194 g/mol. The largest absolute Gasteiger partial charge is 0.394 e. The highest BCUT2D eigenvalue weighted by Crippen LogP contribution is 2.36. The lowest BCUT2D eigenvalue weighted by atomic mass is 10.1. The van der Waals surface area contributed by atoms with Crippen LogP contribution in [0.3, 0.4) is 0 Å². The van der Waals surface area contributed by atoms with E-state index in [-0.39, 0.29) is 6.61 Å². The first-order valence-electron chi connectivity index (χ1n) is 3.96. The highest BCUT2D eigenvalue weighted by Gasteiger charge is 2.61. The number of carbonyl (C=O) groups is 1. The summed E-state index contributed by atoms with van der Waals surface area (Å²) in [7, 11) is -3.54. The first-order chi connectivity index (χ1) is 5.76. The third-order valence-electron chi connectivity index (χ3n) is 2.28. The molecule has 1 N–H and O–H groups in total. The SMILES string of the molecule is C[C@H](CO)N1C(=O)C(C)(C)S1(=O)=O. The summed E-state index contributed by atoms with van der Waals surface area (Å²) < 4.78 is 22.4. The maximum Gasteiger partial charge on any atom is 0.259 e. The Morgan fingerprint density at radius 2 is 2.00 bits per heavy atom. The summed E-state index contributed by atoms with van der Waals surface area (Å²) in [5.74, 6) is -0.450. The van der Waals surface area contributed by atoms with E-state index in [9.17, 15) is 13.2 Å². The van der Waals surface area contributed by atoms with E-state index in [2.05, 4.69) is 0 Å². The van der Waals surface area contributed by atoms with Crippen LogP contribution < -0.4 is 0 Å². The Hall–Kier alpha value is -0.620. The zero-order valence-electron chi connectivity index (χ0n) is 7.81. The van der Waals surface area contributed by atoms with Gasteiger partial charge in [-0.25, -0.2) is 12.7 Å². The molecule has 1 atom stereocenters. The third kappa shape index (κ3) is 1.08. The van der Waals surface area contributed by atoms with Gasteiger partial charge in [0.25, 0.3) is 15.9 Å². The number of aliphatic hydroxyl groups excluding tert-OH is 1. The molecule has 0 aromatic heterocycles. The summed E-state index contributed by atoms with van der Waals surface area (Å²) >= 11 is 0. The van der Waals surface area contributed by atoms with Crippen LogP contribution in [0.25, 0.3) is 0 Å². The van der Waals surface area contributed by atoms with E-state index >= 15 is 0 Å². The number of hydrogen-bond donors (Lipinski definition) is 1. The van der Waals surface area contributed by atoms with Crippen molar-refractivity contribution in [2.24, 2.45) is 0 Å². The lowest BCUT2D eigenvalue weighted by Gasteiger charge is -2.45. The topological polar surface area (TPSA) is 74.7 Å². The lowest BCUT2D eigenvalue weighted by Crippen LogP contribution is -2.69. The standard InChI is InChI=1S/C7H13NO4S/c1-5(4-9)8-6(10)7(2,3)13(8,11)12/h5,9H,4H2,1-3H3/t5-/m1/s1. The van der Waals surface area contributed by atoms with Crippen molar-refractivity contribution < 1.29 is 18.3 Å². The predicted molar refractivity (Wildman–Crippen MR) is 46.4 cm³/mol. The molecule has 6 heteroatoms. The second kappa shape index (κ2) is 2.68. The van der Waals surface area contributed by atoms with E-state index in [0.717, 1.165) is 4.31 Å². The van der Waals surface area contributed by atoms with Crippen LogP contribution in [0, 0.1) is 0 Å². The van der Waals surface area contributed by atoms with Crippen molar-refractivity contribution in [1.82, 2.24) is 4.31 Å². The van der Waals surface area contributed by atoms with Crippen molar-refractivity contribution in [2.75, 3.05) is 6.61 Å². The van der Waals surface area contributed by atoms with Crippen molar-refractivity contribution in [3.8, 4) is 0 Å². The van der Waals surface area contributed by atoms with Crippen LogP contribution in [-0.2, 0) is 14.8 Å². The average molecular weight is 207 g/mol. The Kier molecular flexibility index (Phi) is 2.16. The monoisotopic (exact) mass is 207 g/mol. The van der Waals surface area contributed by atoms with Gasteiger partial charge in [0.15, 0.2) is 4.75 Å². The number of aliphatic hydroxyl groups is 1. The van der Waals surface area contributed by atoms with Gasteiger partial charge in [0.1, 0.15) is 0 Å². The predicted octanol–water partition coefficient (Wildman–Crippen LogP) is -0.682. The first kappa shape index (κ1) is 10.5. The van der Waals surface area contributed by atoms with Gasteiger partial charge in [-0.05, 0) is 20.8 Å². The molecule has 1 aliphatic rings. The minimum absolute atomic E-state index is 0.346. The second-order valence-electron chi connectivity index (χ2n) is 3.65. The van der Waals surface area contributed by atoms with Gasteiger partial charge in [0, 0.05) is 0 Å². The molecule has 0 radical (unpaired) electrons. The van der Waals surface area contributed by atoms with Crippen LogP contribution in [-0.4, -0.2) is 41.1 Å². The van der Waals surface area contributed by atoms with Gasteiger partial charge < -0.3 is 5.11 Å². The first-order valence-corrected chi connectivity index (χ1v) is 5.40. The molecular formula is C7H13NO4S. The summed E-state index contributed by atoms with van der Waals surface area (Å²) in [6.07, 6.45) is 0. The molecule has 0 saturated carbocycles. The van der Waals surface area contributed by atoms with Gasteiger partial charge in [0.2, 0.25) is 0 Å². The van der Waals surface area contributed by atoms with E-state index in [1.807, 2.05) is 0 Å². The summed E-state index contributed by atoms with van der Waals surface area (Å²) in [4.78, 5) is 11.3. The van der Waals surface area contributed by atoms with Gasteiger partial charge >= 0.3 is 0 Å². The Morgan fingerprint density at radius 1 is 1.54 bits per heavy atom. The molecule has 0 bridgehead atoms. The fraction of sp³-hybridized carbons (Fsp3) is 0.857. The number of hydrogen-bond acceptors (Lipinski definition) is 4. The third-order valence-corrected chi connectivity index (χ3v) is 4.79.